The van der Waals surface area contributed by atoms with Crippen molar-refractivity contribution in [1.29, 1.82) is 0 Å². The van der Waals surface area contributed by atoms with Crippen LogP contribution in [0.4, 0.5) is 0 Å². The van der Waals surface area contributed by atoms with Gasteiger partial charge in [0, 0.05) is 11.0 Å². The Balaban J connectivity index is 1.41. The number of hydrogen-bond acceptors (Lipinski definition) is 1. The monoisotopic (exact) mass is 286 g/mol. The normalized spacial score (nSPS) is 37.6. The molecule has 2 unspecified atom stereocenters. The van der Waals surface area contributed by atoms with Gasteiger partial charge in [0.05, 0.1) is 6.54 Å². The minimum atomic E-state index is 0.455. The van der Waals surface area contributed by atoms with E-state index < -0.39 is 0 Å². The van der Waals surface area contributed by atoms with E-state index in [2.05, 4.69) is 11.4 Å². The number of quaternary nitrogens is 1. The lowest BCUT2D eigenvalue weighted by Crippen LogP contribution is -2.85. The van der Waals surface area contributed by atoms with Crippen molar-refractivity contribution in [1.82, 2.24) is 0 Å². The molecule has 0 amide bonds. The summed E-state index contributed by atoms with van der Waals surface area (Å²) in [4.78, 5) is 0. The molecule has 4 bridgehead atoms. The fourth-order valence-electron chi connectivity index (χ4n) is 5.78. The summed E-state index contributed by atoms with van der Waals surface area (Å²) in [6.45, 7) is 2.19. The number of benzene rings is 1. The number of para-hydroxylation sites is 1. The molecule has 4 aliphatic carbocycles. The van der Waals surface area contributed by atoms with Gasteiger partial charge in [-0.2, -0.15) is 0 Å². The number of phenols is 1. The molecule has 3 N–H and O–H groups in total. The van der Waals surface area contributed by atoms with E-state index in [4.69, 9.17) is 0 Å². The third kappa shape index (κ3) is 2.70. The van der Waals surface area contributed by atoms with Gasteiger partial charge in [0.1, 0.15) is 12.3 Å². The van der Waals surface area contributed by atoms with E-state index in [1.54, 1.807) is 6.07 Å². The predicted molar refractivity (Wildman–Crippen MR) is 83.8 cm³/mol. The summed E-state index contributed by atoms with van der Waals surface area (Å²) >= 11 is 0. The molecule has 0 radical (unpaired) electrons. The molecule has 21 heavy (non-hydrogen) atoms. The Morgan fingerprint density at radius 1 is 1.05 bits per heavy atom. The summed E-state index contributed by atoms with van der Waals surface area (Å²) in [5.41, 5.74) is 1.70. The van der Waals surface area contributed by atoms with Gasteiger partial charge in [-0.05, 0) is 74.8 Å². The van der Waals surface area contributed by atoms with E-state index in [9.17, 15) is 5.11 Å². The highest BCUT2D eigenvalue weighted by Gasteiger charge is 2.48. The third-order valence-corrected chi connectivity index (χ3v) is 6.46. The van der Waals surface area contributed by atoms with Crippen LogP contribution in [0.3, 0.4) is 0 Å². The van der Waals surface area contributed by atoms with Gasteiger partial charge in [-0.1, -0.05) is 12.1 Å². The van der Waals surface area contributed by atoms with Crippen molar-refractivity contribution < 1.29 is 10.4 Å². The van der Waals surface area contributed by atoms with Crippen LogP contribution < -0.4 is 5.32 Å². The molecule has 1 aromatic carbocycles. The molecule has 2 heteroatoms. The molecule has 0 saturated heterocycles. The van der Waals surface area contributed by atoms with Crippen molar-refractivity contribution in [2.75, 3.05) is 6.54 Å². The first-order valence-electron chi connectivity index (χ1n) is 8.81. The first-order chi connectivity index (χ1) is 10.2. The quantitative estimate of drug-likeness (QED) is 0.877. The highest BCUT2D eigenvalue weighted by atomic mass is 16.3. The fourth-order valence-corrected chi connectivity index (χ4v) is 5.78. The highest BCUT2D eigenvalue weighted by Crippen LogP contribution is 2.56. The van der Waals surface area contributed by atoms with Gasteiger partial charge >= 0.3 is 0 Å². The first-order valence-corrected chi connectivity index (χ1v) is 8.81. The van der Waals surface area contributed by atoms with Gasteiger partial charge in [0.25, 0.3) is 0 Å². The maximum atomic E-state index is 9.90. The number of nitrogens with two attached hydrogens (primary N) is 1. The molecule has 1 aromatic rings. The van der Waals surface area contributed by atoms with Crippen molar-refractivity contribution in [3.63, 3.8) is 0 Å². The lowest BCUT2D eigenvalue weighted by atomic mass is 9.61. The van der Waals surface area contributed by atoms with Crippen LogP contribution >= 0.6 is 0 Å². The second kappa shape index (κ2) is 5.31. The van der Waals surface area contributed by atoms with Crippen LogP contribution in [0.5, 0.6) is 5.75 Å². The zero-order valence-electron chi connectivity index (χ0n) is 12.9. The van der Waals surface area contributed by atoms with Crippen LogP contribution in [0.25, 0.3) is 0 Å². The molecular weight excluding hydrogens is 258 g/mol. The maximum Gasteiger partial charge on any atom is 0.124 e. The zero-order chi connectivity index (χ0) is 14.3. The molecule has 4 saturated carbocycles. The summed E-state index contributed by atoms with van der Waals surface area (Å²) in [5.74, 6) is 3.57. The van der Waals surface area contributed by atoms with Gasteiger partial charge in [-0.25, -0.2) is 0 Å². The smallest absolute Gasteiger partial charge is 0.124 e. The van der Waals surface area contributed by atoms with E-state index in [1.807, 2.05) is 12.1 Å². The lowest BCUT2D eigenvalue weighted by Gasteiger charge is -2.44. The Kier molecular flexibility index (Phi) is 3.45. The molecule has 4 fully saturated rings. The molecular formula is C19H28NO+. The minimum absolute atomic E-state index is 0.455. The van der Waals surface area contributed by atoms with Crippen molar-refractivity contribution >= 4 is 0 Å². The van der Waals surface area contributed by atoms with Crippen molar-refractivity contribution in [2.24, 2.45) is 23.2 Å². The standard InChI is InChI=1S/C19H27NO/c21-18-4-2-1-3-17(18)12-20-13-19-6-5-14-7-15(10-19)9-16(8-14)11-19/h1-4,14-16,20-21H,5-13H2/p+1/t14?,15-,16+,19?. The molecule has 2 nitrogen and oxygen atoms in total. The largest absolute Gasteiger partial charge is 0.507 e. The van der Waals surface area contributed by atoms with E-state index >= 15 is 0 Å². The van der Waals surface area contributed by atoms with Gasteiger partial charge in [0.15, 0.2) is 0 Å². The molecule has 4 atom stereocenters. The number of rotatable bonds is 4. The van der Waals surface area contributed by atoms with Crippen LogP contribution in [-0.4, -0.2) is 11.7 Å². The third-order valence-electron chi connectivity index (χ3n) is 6.46. The molecule has 0 heterocycles. The SMILES string of the molecule is Oc1ccccc1C[NH2+]CC12CCC3C[C@H](C[C@H](C3)C1)C2. The average Bonchev–Trinajstić information content (AvgIpc) is 2.66. The Labute approximate surface area is 128 Å². The Morgan fingerprint density at radius 3 is 2.52 bits per heavy atom. The number of phenolic OH excluding ortho intramolecular Hbond substituents is 1. The van der Waals surface area contributed by atoms with Crippen molar-refractivity contribution in [3.05, 3.63) is 29.8 Å². The van der Waals surface area contributed by atoms with Crippen LogP contribution in [0.2, 0.25) is 0 Å². The van der Waals surface area contributed by atoms with Gasteiger partial charge in [0.2, 0.25) is 0 Å². The van der Waals surface area contributed by atoms with Crippen molar-refractivity contribution in [2.45, 2.75) is 51.5 Å². The van der Waals surface area contributed by atoms with Crippen LogP contribution in [0, 0.1) is 23.2 Å². The fraction of sp³-hybridized carbons (Fsp3) is 0.684. The van der Waals surface area contributed by atoms with E-state index in [0.717, 1.165) is 29.9 Å². The van der Waals surface area contributed by atoms with Gasteiger partial charge in [-0.3, -0.25) is 0 Å². The Hall–Kier alpha value is -1.02. The predicted octanol–water partition coefficient (Wildman–Crippen LogP) is 3.06. The summed E-state index contributed by atoms with van der Waals surface area (Å²) in [7, 11) is 0. The summed E-state index contributed by atoms with van der Waals surface area (Å²) in [5, 5.41) is 12.4. The van der Waals surface area contributed by atoms with E-state index in [-0.39, 0.29) is 0 Å². The first kappa shape index (κ1) is 13.6. The summed E-state index contributed by atoms with van der Waals surface area (Å²) in [6, 6.07) is 7.79. The van der Waals surface area contributed by atoms with E-state index in [0.29, 0.717) is 11.2 Å². The molecule has 0 aliphatic heterocycles. The Bertz CT molecular complexity index is 498. The van der Waals surface area contributed by atoms with Crippen molar-refractivity contribution in [3.8, 4) is 5.75 Å². The lowest BCUT2D eigenvalue weighted by molar-refractivity contribution is -0.683. The highest BCUT2D eigenvalue weighted by molar-refractivity contribution is 5.30. The second-order valence-electron chi connectivity index (χ2n) is 8.08. The number of aromatic hydroxyl groups is 1. The minimum Gasteiger partial charge on any atom is -0.507 e. The van der Waals surface area contributed by atoms with Gasteiger partial charge in [-0.15, -0.1) is 0 Å². The van der Waals surface area contributed by atoms with E-state index in [1.165, 1.54) is 51.5 Å². The van der Waals surface area contributed by atoms with Crippen LogP contribution in [0.15, 0.2) is 24.3 Å². The number of fused-ring (bicyclic) bond motifs is 1. The summed E-state index contributed by atoms with van der Waals surface area (Å²) in [6.07, 6.45) is 10.5. The maximum absolute atomic E-state index is 9.90. The molecule has 114 valence electrons. The molecule has 4 aliphatic rings. The zero-order valence-corrected chi connectivity index (χ0v) is 12.9. The molecule has 5 rings (SSSR count). The second-order valence-corrected chi connectivity index (χ2v) is 8.08. The molecule has 0 aromatic heterocycles. The van der Waals surface area contributed by atoms with Gasteiger partial charge < -0.3 is 10.4 Å². The average molecular weight is 286 g/mol. The Morgan fingerprint density at radius 2 is 1.76 bits per heavy atom. The molecule has 0 spiro atoms. The number of hydrogen-bond donors (Lipinski definition) is 2. The topological polar surface area (TPSA) is 36.8 Å². The van der Waals surface area contributed by atoms with Crippen LogP contribution in [-0.2, 0) is 6.54 Å². The van der Waals surface area contributed by atoms with Crippen LogP contribution in [0.1, 0.15) is 50.5 Å². The summed E-state index contributed by atoms with van der Waals surface area (Å²) < 4.78 is 0.